The molecule has 2 heterocycles. The van der Waals surface area contributed by atoms with Gasteiger partial charge < -0.3 is 4.42 Å². The number of hydrogen-bond acceptors (Lipinski definition) is 6. The first-order valence-corrected chi connectivity index (χ1v) is 9.56. The van der Waals surface area contributed by atoms with Crippen molar-refractivity contribution < 1.29 is 18.9 Å². The van der Waals surface area contributed by atoms with Crippen LogP contribution in [-0.2, 0) is 9.59 Å². The second kappa shape index (κ2) is 6.51. The van der Waals surface area contributed by atoms with Gasteiger partial charge in [0.05, 0.1) is 28.5 Å². The lowest BCUT2D eigenvalue weighted by Crippen LogP contribution is -2.30. The molecule has 1 aliphatic heterocycles. The number of nitro groups is 1. The topological polar surface area (TPSA) is 107 Å². The van der Waals surface area contributed by atoms with Gasteiger partial charge in [0.15, 0.2) is 5.58 Å². The third kappa shape index (κ3) is 2.79. The number of oxazole rings is 1. The molecule has 2 fully saturated rings. The molecule has 8 nitrogen and oxygen atoms in total. The molecule has 1 saturated carbocycles. The van der Waals surface area contributed by atoms with E-state index in [-0.39, 0.29) is 35.2 Å². The van der Waals surface area contributed by atoms with E-state index in [1.165, 1.54) is 23.1 Å². The molecule has 0 spiro atoms. The van der Waals surface area contributed by atoms with E-state index in [9.17, 15) is 19.7 Å². The molecule has 29 heavy (non-hydrogen) atoms. The second-order valence-corrected chi connectivity index (χ2v) is 7.49. The summed E-state index contributed by atoms with van der Waals surface area (Å²) in [6, 6.07) is 11.2. The number of non-ortho nitro benzene ring substituents is 1. The number of amides is 2. The highest BCUT2D eigenvalue weighted by atomic mass is 16.6. The summed E-state index contributed by atoms with van der Waals surface area (Å²) in [5, 5.41) is 11.0. The van der Waals surface area contributed by atoms with Crippen molar-refractivity contribution in [3.05, 3.63) is 52.6 Å². The molecule has 2 atom stereocenters. The second-order valence-electron chi connectivity index (χ2n) is 7.49. The molecule has 2 aromatic carbocycles. The summed E-state index contributed by atoms with van der Waals surface area (Å²) in [6.45, 7) is 0. The molecule has 0 bridgehead atoms. The average molecular weight is 391 g/mol. The molecular weight excluding hydrogens is 374 g/mol. The smallest absolute Gasteiger partial charge is 0.273 e. The number of imide groups is 1. The van der Waals surface area contributed by atoms with Crippen molar-refractivity contribution in [3.8, 4) is 11.5 Å². The Bertz CT molecular complexity index is 1140. The van der Waals surface area contributed by atoms with Crippen LogP contribution < -0.4 is 4.90 Å². The normalized spacial score (nSPS) is 21.6. The molecule has 3 aromatic rings. The molecule has 1 aliphatic carbocycles. The first-order chi connectivity index (χ1) is 14.0. The van der Waals surface area contributed by atoms with Crippen LogP contribution in [-0.4, -0.2) is 21.7 Å². The lowest BCUT2D eigenvalue weighted by atomic mass is 9.81. The lowest BCUT2D eigenvalue weighted by molar-refractivity contribution is -0.384. The molecule has 146 valence electrons. The van der Waals surface area contributed by atoms with Crippen LogP contribution in [0.2, 0.25) is 0 Å². The summed E-state index contributed by atoms with van der Waals surface area (Å²) in [6.07, 6.45) is 3.47. The van der Waals surface area contributed by atoms with E-state index in [0.29, 0.717) is 22.4 Å². The number of hydrogen-bond donors (Lipinski definition) is 0. The zero-order valence-electron chi connectivity index (χ0n) is 15.4. The number of anilines is 1. The van der Waals surface area contributed by atoms with Crippen molar-refractivity contribution in [2.45, 2.75) is 25.7 Å². The SMILES string of the molecule is O=C1C2CCCCC2C(=O)N1c1cccc(-c2nc3ccc([N+](=O)[O-])cc3o2)c1. The summed E-state index contributed by atoms with van der Waals surface area (Å²) in [5.41, 5.74) is 1.82. The Labute approximate surface area is 165 Å². The highest BCUT2D eigenvalue weighted by Crippen LogP contribution is 2.40. The van der Waals surface area contributed by atoms with Crippen molar-refractivity contribution in [1.29, 1.82) is 0 Å². The summed E-state index contributed by atoms with van der Waals surface area (Å²) < 4.78 is 5.71. The Morgan fingerprint density at radius 3 is 2.45 bits per heavy atom. The van der Waals surface area contributed by atoms with E-state index in [1.807, 2.05) is 0 Å². The van der Waals surface area contributed by atoms with Gasteiger partial charge in [0, 0.05) is 11.6 Å². The molecule has 2 amide bonds. The molecule has 1 aromatic heterocycles. The summed E-state index contributed by atoms with van der Waals surface area (Å²) in [7, 11) is 0. The van der Waals surface area contributed by atoms with Gasteiger partial charge in [-0.15, -0.1) is 0 Å². The van der Waals surface area contributed by atoms with Crippen LogP contribution in [0.15, 0.2) is 46.9 Å². The molecule has 0 radical (unpaired) electrons. The zero-order valence-corrected chi connectivity index (χ0v) is 15.4. The van der Waals surface area contributed by atoms with Crippen LogP contribution in [0.5, 0.6) is 0 Å². The van der Waals surface area contributed by atoms with Crippen LogP contribution in [0.25, 0.3) is 22.6 Å². The first kappa shape index (κ1) is 17.5. The zero-order chi connectivity index (χ0) is 20.1. The van der Waals surface area contributed by atoms with Gasteiger partial charge >= 0.3 is 0 Å². The predicted molar refractivity (Wildman–Crippen MR) is 104 cm³/mol. The van der Waals surface area contributed by atoms with Gasteiger partial charge in [0.1, 0.15) is 5.52 Å². The third-order valence-electron chi connectivity index (χ3n) is 5.78. The van der Waals surface area contributed by atoms with Gasteiger partial charge in [-0.3, -0.25) is 24.6 Å². The predicted octanol–water partition coefficient (Wildman–Crippen LogP) is 4.08. The Hall–Kier alpha value is -3.55. The minimum Gasteiger partial charge on any atom is -0.436 e. The number of fused-ring (bicyclic) bond motifs is 2. The summed E-state index contributed by atoms with van der Waals surface area (Å²) in [4.78, 5) is 41.8. The monoisotopic (exact) mass is 391 g/mol. The highest BCUT2D eigenvalue weighted by molar-refractivity contribution is 6.22. The molecular formula is C21H17N3O5. The first-order valence-electron chi connectivity index (χ1n) is 9.56. The summed E-state index contributed by atoms with van der Waals surface area (Å²) >= 11 is 0. The number of rotatable bonds is 3. The number of nitro benzene ring substituents is 1. The lowest BCUT2D eigenvalue weighted by Gasteiger charge is -2.19. The van der Waals surface area contributed by atoms with E-state index in [0.717, 1.165) is 25.7 Å². The Balaban J connectivity index is 1.52. The maximum atomic E-state index is 12.8. The quantitative estimate of drug-likeness (QED) is 0.378. The maximum absolute atomic E-state index is 12.8. The number of aromatic nitrogens is 1. The maximum Gasteiger partial charge on any atom is 0.273 e. The fraction of sp³-hybridized carbons (Fsp3) is 0.286. The van der Waals surface area contributed by atoms with E-state index < -0.39 is 4.92 Å². The van der Waals surface area contributed by atoms with Gasteiger partial charge in [0.2, 0.25) is 17.7 Å². The van der Waals surface area contributed by atoms with E-state index in [2.05, 4.69) is 4.98 Å². The number of benzene rings is 2. The minimum absolute atomic E-state index is 0.0789. The average Bonchev–Trinajstić information content (AvgIpc) is 3.27. The molecule has 8 heteroatoms. The van der Waals surface area contributed by atoms with E-state index >= 15 is 0 Å². The number of nitrogens with zero attached hydrogens (tertiary/aromatic N) is 3. The third-order valence-corrected chi connectivity index (χ3v) is 5.78. The van der Waals surface area contributed by atoms with Gasteiger partial charge in [-0.1, -0.05) is 18.9 Å². The van der Waals surface area contributed by atoms with E-state index in [1.54, 1.807) is 24.3 Å². The Morgan fingerprint density at radius 2 is 1.76 bits per heavy atom. The van der Waals surface area contributed by atoms with Crippen LogP contribution in [0, 0.1) is 22.0 Å². The molecule has 2 aliphatic rings. The van der Waals surface area contributed by atoms with Crippen molar-refractivity contribution in [3.63, 3.8) is 0 Å². The number of carbonyl (C=O) groups is 2. The standard InChI is InChI=1S/C21H17N3O5/c25-20-15-6-1-2-7-16(15)21(26)23(20)13-5-3-4-12(10-13)19-22-17-9-8-14(24(27)28)11-18(17)29-19/h3-5,8-11,15-16H,1-2,6-7H2. The van der Waals surface area contributed by atoms with Gasteiger partial charge in [-0.25, -0.2) is 4.98 Å². The molecule has 1 saturated heterocycles. The van der Waals surface area contributed by atoms with Gasteiger partial charge in [-0.05, 0) is 37.1 Å². The van der Waals surface area contributed by atoms with Crippen LogP contribution in [0.3, 0.4) is 0 Å². The number of carbonyl (C=O) groups excluding carboxylic acids is 2. The van der Waals surface area contributed by atoms with Crippen molar-refractivity contribution in [2.24, 2.45) is 11.8 Å². The van der Waals surface area contributed by atoms with Crippen molar-refractivity contribution in [2.75, 3.05) is 4.90 Å². The fourth-order valence-corrected chi connectivity index (χ4v) is 4.35. The molecule has 0 N–H and O–H groups in total. The van der Waals surface area contributed by atoms with Crippen LogP contribution in [0.1, 0.15) is 25.7 Å². The van der Waals surface area contributed by atoms with Gasteiger partial charge in [0.25, 0.3) is 5.69 Å². The van der Waals surface area contributed by atoms with Crippen molar-refractivity contribution >= 4 is 34.3 Å². The van der Waals surface area contributed by atoms with E-state index in [4.69, 9.17) is 4.42 Å². The minimum atomic E-state index is -0.494. The molecule has 2 unspecified atom stereocenters. The summed E-state index contributed by atoms with van der Waals surface area (Å²) in [5.74, 6) is -0.427. The fourth-order valence-electron chi connectivity index (χ4n) is 4.35. The van der Waals surface area contributed by atoms with Gasteiger partial charge in [-0.2, -0.15) is 0 Å². The largest absolute Gasteiger partial charge is 0.436 e. The molecule has 5 rings (SSSR count). The van der Waals surface area contributed by atoms with Crippen molar-refractivity contribution in [1.82, 2.24) is 4.98 Å². The highest BCUT2D eigenvalue weighted by Gasteiger charge is 2.48. The Kier molecular flexibility index (Phi) is 3.94. The Morgan fingerprint density at radius 1 is 1.03 bits per heavy atom. The van der Waals surface area contributed by atoms with Crippen LogP contribution in [0.4, 0.5) is 11.4 Å². The van der Waals surface area contributed by atoms with Crippen LogP contribution >= 0.6 is 0 Å².